The second-order valence-corrected chi connectivity index (χ2v) is 6.32. The van der Waals surface area contributed by atoms with Gasteiger partial charge in [0.2, 0.25) is 0 Å². The average molecular weight is 334 g/mol. The molecule has 2 N–H and O–H groups in total. The van der Waals surface area contributed by atoms with Crippen LogP contribution in [0.15, 0.2) is 6.07 Å². The zero-order chi connectivity index (χ0) is 14.5. The third kappa shape index (κ3) is 4.94. The molecule has 8 heteroatoms. The molecule has 2 heterocycles. The number of nitro groups is 1. The van der Waals surface area contributed by atoms with Crippen LogP contribution in [0.4, 0.5) is 5.69 Å². The number of aryl methyl sites for hydroxylation is 1. The maximum atomic E-state index is 11.9. The van der Waals surface area contributed by atoms with Gasteiger partial charge in [-0.25, -0.2) is 0 Å². The quantitative estimate of drug-likeness (QED) is 0.640. The molecule has 6 nitrogen and oxygen atoms in total. The Morgan fingerprint density at radius 1 is 1.62 bits per heavy atom. The van der Waals surface area contributed by atoms with Crippen molar-refractivity contribution in [3.05, 3.63) is 25.9 Å². The highest BCUT2D eigenvalue weighted by atomic mass is 35.5. The summed E-state index contributed by atoms with van der Waals surface area (Å²) in [5.41, 5.74) is 0.0247. The van der Waals surface area contributed by atoms with Gasteiger partial charge >= 0.3 is 0 Å². The first-order valence-electron chi connectivity index (χ1n) is 6.81. The van der Waals surface area contributed by atoms with Gasteiger partial charge < -0.3 is 10.6 Å². The second kappa shape index (κ2) is 8.31. The van der Waals surface area contributed by atoms with Gasteiger partial charge in [-0.2, -0.15) is 0 Å². The number of carbonyl (C=O) groups excluding carboxylic acids is 1. The highest BCUT2D eigenvalue weighted by molar-refractivity contribution is 7.14. The highest BCUT2D eigenvalue weighted by Gasteiger charge is 2.19. The number of hydrogen-bond donors (Lipinski definition) is 2. The van der Waals surface area contributed by atoms with Crippen molar-refractivity contribution >= 4 is 35.3 Å². The Kier molecular flexibility index (Phi) is 7.07. The highest BCUT2D eigenvalue weighted by Crippen LogP contribution is 2.27. The summed E-state index contributed by atoms with van der Waals surface area (Å²) in [7, 11) is 0. The van der Waals surface area contributed by atoms with E-state index in [0.29, 0.717) is 22.2 Å². The molecule has 2 rings (SSSR count). The zero-order valence-corrected chi connectivity index (χ0v) is 13.5. The molecule has 1 fully saturated rings. The number of halogens is 1. The predicted molar refractivity (Wildman–Crippen MR) is 85.5 cm³/mol. The van der Waals surface area contributed by atoms with Crippen LogP contribution in [0.25, 0.3) is 0 Å². The molecule has 1 aliphatic rings. The van der Waals surface area contributed by atoms with Crippen molar-refractivity contribution in [2.24, 2.45) is 5.92 Å². The summed E-state index contributed by atoms with van der Waals surface area (Å²) in [6.07, 6.45) is 3.34. The Hall–Kier alpha value is -1.18. The monoisotopic (exact) mass is 333 g/mol. The number of thiophene rings is 1. The molecule has 0 radical (unpaired) electrons. The minimum atomic E-state index is -0.448. The van der Waals surface area contributed by atoms with Crippen LogP contribution in [0.1, 0.15) is 33.8 Å². The smallest absolute Gasteiger partial charge is 0.283 e. The van der Waals surface area contributed by atoms with Crippen molar-refractivity contribution in [3.8, 4) is 0 Å². The third-order valence-electron chi connectivity index (χ3n) is 3.55. The van der Waals surface area contributed by atoms with Gasteiger partial charge in [-0.05, 0) is 45.2 Å². The number of amides is 1. The summed E-state index contributed by atoms with van der Waals surface area (Å²) in [5, 5.41) is 16.9. The van der Waals surface area contributed by atoms with Crippen LogP contribution in [0.2, 0.25) is 0 Å². The van der Waals surface area contributed by atoms with Crippen molar-refractivity contribution in [2.45, 2.75) is 26.2 Å². The van der Waals surface area contributed by atoms with Crippen LogP contribution in [0.5, 0.6) is 0 Å². The van der Waals surface area contributed by atoms with E-state index in [0.717, 1.165) is 19.5 Å². The molecule has 0 aromatic carbocycles. The summed E-state index contributed by atoms with van der Waals surface area (Å²) >= 11 is 1.17. The molecule has 0 spiro atoms. The van der Waals surface area contributed by atoms with E-state index in [1.165, 1.54) is 30.2 Å². The fourth-order valence-electron chi connectivity index (χ4n) is 2.41. The number of nitrogens with zero attached hydrogens (tertiary/aromatic N) is 1. The molecule has 0 aliphatic carbocycles. The summed E-state index contributed by atoms with van der Waals surface area (Å²) in [4.78, 5) is 23.2. The SMILES string of the molecule is Cc1sc(C(=O)NCCC2CCCNC2)cc1[N+](=O)[O-].Cl. The van der Waals surface area contributed by atoms with E-state index in [4.69, 9.17) is 0 Å². The van der Waals surface area contributed by atoms with Gasteiger partial charge in [0, 0.05) is 12.6 Å². The molecule has 1 atom stereocenters. The maximum Gasteiger partial charge on any atom is 0.283 e. The first-order chi connectivity index (χ1) is 9.58. The van der Waals surface area contributed by atoms with E-state index in [9.17, 15) is 14.9 Å². The molecule has 118 valence electrons. The van der Waals surface area contributed by atoms with Crippen molar-refractivity contribution < 1.29 is 9.72 Å². The molecule has 1 amide bonds. The summed E-state index contributed by atoms with van der Waals surface area (Å²) in [6, 6.07) is 1.36. The van der Waals surface area contributed by atoms with Crippen LogP contribution in [-0.4, -0.2) is 30.5 Å². The molecule has 21 heavy (non-hydrogen) atoms. The Morgan fingerprint density at radius 2 is 2.38 bits per heavy atom. The lowest BCUT2D eigenvalue weighted by atomic mass is 9.96. The number of carbonyl (C=O) groups is 1. The molecule has 1 aromatic rings. The molecular formula is C13H20ClN3O3S. The third-order valence-corrected chi connectivity index (χ3v) is 4.59. The van der Waals surface area contributed by atoms with Gasteiger partial charge in [0.25, 0.3) is 11.6 Å². The Labute approximate surface area is 133 Å². The fourth-order valence-corrected chi connectivity index (χ4v) is 3.32. The number of hydrogen-bond acceptors (Lipinski definition) is 5. The fraction of sp³-hybridized carbons (Fsp3) is 0.615. The van der Waals surface area contributed by atoms with E-state index in [1.807, 2.05) is 0 Å². The molecule has 1 unspecified atom stereocenters. The van der Waals surface area contributed by atoms with Gasteiger partial charge in [-0.3, -0.25) is 14.9 Å². The first-order valence-corrected chi connectivity index (χ1v) is 7.63. The largest absolute Gasteiger partial charge is 0.351 e. The number of piperidine rings is 1. The second-order valence-electron chi connectivity index (χ2n) is 5.07. The zero-order valence-electron chi connectivity index (χ0n) is 11.9. The van der Waals surface area contributed by atoms with Gasteiger partial charge in [0.05, 0.1) is 14.7 Å². The summed E-state index contributed by atoms with van der Waals surface area (Å²) in [5.74, 6) is 0.401. The van der Waals surface area contributed by atoms with E-state index in [2.05, 4.69) is 10.6 Å². The molecule has 1 aliphatic heterocycles. The lowest BCUT2D eigenvalue weighted by molar-refractivity contribution is -0.385. The lowest BCUT2D eigenvalue weighted by Crippen LogP contribution is -2.33. The van der Waals surface area contributed by atoms with Crippen molar-refractivity contribution in [3.63, 3.8) is 0 Å². The van der Waals surface area contributed by atoms with Crippen LogP contribution in [0, 0.1) is 23.0 Å². The maximum absolute atomic E-state index is 11.9. The molecule has 1 aromatic heterocycles. The van der Waals surface area contributed by atoms with Gasteiger partial charge in [-0.1, -0.05) is 0 Å². The molecule has 0 saturated carbocycles. The normalized spacial score (nSPS) is 17.9. The van der Waals surface area contributed by atoms with Crippen molar-refractivity contribution in [1.29, 1.82) is 0 Å². The summed E-state index contributed by atoms with van der Waals surface area (Å²) < 4.78 is 0. The van der Waals surface area contributed by atoms with Crippen molar-refractivity contribution in [1.82, 2.24) is 10.6 Å². The minimum absolute atomic E-state index is 0. The molecule has 0 bridgehead atoms. The Bertz CT molecular complexity index is 501. The topological polar surface area (TPSA) is 84.3 Å². The Morgan fingerprint density at radius 3 is 2.95 bits per heavy atom. The molecule has 1 saturated heterocycles. The first kappa shape index (κ1) is 17.9. The van der Waals surface area contributed by atoms with Crippen molar-refractivity contribution in [2.75, 3.05) is 19.6 Å². The standard InChI is InChI=1S/C13H19N3O3S.ClH/c1-9-11(16(18)19)7-12(20-9)13(17)15-6-4-10-3-2-5-14-8-10;/h7,10,14H,2-6,8H2,1H3,(H,15,17);1H. The number of rotatable bonds is 5. The van der Waals surface area contributed by atoms with E-state index in [-0.39, 0.29) is 24.0 Å². The van der Waals surface area contributed by atoms with E-state index < -0.39 is 4.92 Å². The van der Waals surface area contributed by atoms with Crippen LogP contribution < -0.4 is 10.6 Å². The predicted octanol–water partition coefficient (Wildman–Crippen LogP) is 2.51. The van der Waals surface area contributed by atoms with Gasteiger partial charge in [-0.15, -0.1) is 23.7 Å². The number of nitrogens with one attached hydrogen (secondary N) is 2. The average Bonchev–Trinajstić information content (AvgIpc) is 2.82. The minimum Gasteiger partial charge on any atom is -0.351 e. The van der Waals surface area contributed by atoms with E-state index in [1.54, 1.807) is 6.92 Å². The lowest BCUT2D eigenvalue weighted by Gasteiger charge is -2.22. The Balaban J connectivity index is 0.00000220. The van der Waals surface area contributed by atoms with Gasteiger partial charge in [0.15, 0.2) is 0 Å². The van der Waals surface area contributed by atoms with Crippen LogP contribution in [0.3, 0.4) is 0 Å². The van der Waals surface area contributed by atoms with Crippen LogP contribution in [-0.2, 0) is 0 Å². The van der Waals surface area contributed by atoms with E-state index >= 15 is 0 Å². The van der Waals surface area contributed by atoms with Crippen LogP contribution >= 0.6 is 23.7 Å². The summed E-state index contributed by atoms with van der Waals surface area (Å²) in [6.45, 7) is 4.38. The van der Waals surface area contributed by atoms with Gasteiger partial charge in [0.1, 0.15) is 0 Å². The molecular weight excluding hydrogens is 314 g/mol.